The van der Waals surface area contributed by atoms with Gasteiger partial charge >= 0.3 is 17.8 Å². The first kappa shape index (κ1) is 20.8. The van der Waals surface area contributed by atoms with Crippen molar-refractivity contribution in [3.8, 4) is 5.75 Å². The molecule has 0 aliphatic carbocycles. The van der Waals surface area contributed by atoms with Gasteiger partial charge in [-0.15, -0.1) is 0 Å². The third kappa shape index (κ3) is 5.12. The number of ether oxygens (including phenoxy) is 1. The highest BCUT2D eigenvalue weighted by Crippen LogP contribution is 2.22. The van der Waals surface area contributed by atoms with Crippen LogP contribution in [0.5, 0.6) is 5.75 Å². The Morgan fingerprint density at radius 1 is 1.03 bits per heavy atom. The number of amides is 2. The van der Waals surface area contributed by atoms with E-state index in [0.29, 0.717) is 21.8 Å². The molecule has 0 unspecified atom stereocenters. The number of hydrazone groups is 1. The molecule has 0 spiro atoms. The minimum Gasteiger partial charge on any atom is -0.457 e. The maximum atomic E-state index is 12.0. The average Bonchev–Trinajstić information content (AvgIpc) is 3.27. The number of carbonyl (C=O) groups excluding carboxylic acids is 3. The second kappa shape index (κ2) is 9.53. The molecule has 1 heterocycles. The summed E-state index contributed by atoms with van der Waals surface area (Å²) in [4.78, 5) is 36.1. The quantitative estimate of drug-likeness (QED) is 0.213. The van der Waals surface area contributed by atoms with Crippen molar-refractivity contribution in [1.29, 1.82) is 0 Å². The summed E-state index contributed by atoms with van der Waals surface area (Å²) in [6.45, 7) is 1.72. The summed E-state index contributed by atoms with van der Waals surface area (Å²) in [5.41, 5.74) is 3.58. The normalized spacial score (nSPS) is 10.6. The van der Waals surface area contributed by atoms with Crippen molar-refractivity contribution >= 4 is 41.3 Å². The van der Waals surface area contributed by atoms with Gasteiger partial charge in [0.15, 0.2) is 0 Å². The number of hydrogen-bond donors (Lipinski definition) is 2. The summed E-state index contributed by atoms with van der Waals surface area (Å²) in [7, 11) is 0. The van der Waals surface area contributed by atoms with Gasteiger partial charge in [0.25, 0.3) is 0 Å². The lowest BCUT2D eigenvalue weighted by atomic mass is 10.2. The number of nitrogens with zero attached hydrogens (tertiary/aromatic N) is 1. The van der Waals surface area contributed by atoms with Crippen LogP contribution in [0.25, 0.3) is 0 Å². The number of carbonyl (C=O) groups is 3. The Balaban J connectivity index is 1.62. The Hall–Kier alpha value is -3.91. The molecule has 2 N–H and O–H groups in total. The summed E-state index contributed by atoms with van der Waals surface area (Å²) in [5, 5.41) is 6.68. The van der Waals surface area contributed by atoms with Crippen LogP contribution in [0.2, 0.25) is 5.02 Å². The van der Waals surface area contributed by atoms with Crippen molar-refractivity contribution in [2.75, 3.05) is 5.32 Å². The van der Waals surface area contributed by atoms with Crippen molar-refractivity contribution in [3.05, 3.63) is 82.8 Å². The Bertz CT molecular complexity index is 1110. The molecule has 2 aromatic carbocycles. The van der Waals surface area contributed by atoms with Crippen LogP contribution in [0.15, 0.2) is 70.4 Å². The van der Waals surface area contributed by atoms with Crippen LogP contribution in [0.3, 0.4) is 0 Å². The summed E-state index contributed by atoms with van der Waals surface area (Å²) in [5.74, 6) is -2.31. The van der Waals surface area contributed by atoms with Crippen LogP contribution in [0, 0.1) is 6.92 Å². The topological polar surface area (TPSA) is 110 Å². The van der Waals surface area contributed by atoms with Gasteiger partial charge in [-0.05, 0) is 48.9 Å². The predicted octanol–water partition coefficient (Wildman–Crippen LogP) is 3.55. The smallest absolute Gasteiger partial charge is 0.379 e. The molecule has 0 bridgehead atoms. The summed E-state index contributed by atoms with van der Waals surface area (Å²) < 4.78 is 10.3. The van der Waals surface area contributed by atoms with E-state index < -0.39 is 17.8 Å². The van der Waals surface area contributed by atoms with Gasteiger partial charge in [0.1, 0.15) is 5.75 Å². The lowest BCUT2D eigenvalue weighted by Crippen LogP contribution is -2.32. The monoisotopic (exact) mass is 425 g/mol. The SMILES string of the molecule is Cc1c(Cl)cccc1NC(=O)C(=O)NN=Cc1ccccc1OC(=O)c1ccco1. The van der Waals surface area contributed by atoms with E-state index in [1.165, 1.54) is 18.5 Å². The van der Waals surface area contributed by atoms with Crippen LogP contribution in [0.4, 0.5) is 5.69 Å². The number of furan rings is 1. The molecule has 9 heteroatoms. The summed E-state index contributed by atoms with van der Waals surface area (Å²) in [6, 6.07) is 14.5. The molecule has 0 fully saturated rings. The lowest BCUT2D eigenvalue weighted by Gasteiger charge is -2.08. The second-order valence-corrected chi connectivity index (χ2v) is 6.38. The van der Waals surface area contributed by atoms with Gasteiger partial charge < -0.3 is 14.5 Å². The fourth-order valence-electron chi connectivity index (χ4n) is 2.36. The van der Waals surface area contributed by atoms with Gasteiger partial charge in [-0.3, -0.25) is 9.59 Å². The molecule has 1 aromatic heterocycles. The first-order valence-corrected chi connectivity index (χ1v) is 9.07. The number of anilines is 1. The maximum absolute atomic E-state index is 12.0. The molecule has 152 valence electrons. The van der Waals surface area contributed by atoms with Crippen molar-refractivity contribution in [3.63, 3.8) is 0 Å². The Morgan fingerprint density at radius 3 is 2.60 bits per heavy atom. The zero-order valence-electron chi connectivity index (χ0n) is 15.7. The van der Waals surface area contributed by atoms with Crippen LogP contribution in [0.1, 0.15) is 21.7 Å². The Kier molecular flexibility index (Phi) is 6.61. The zero-order chi connectivity index (χ0) is 21.5. The third-order valence-electron chi connectivity index (χ3n) is 3.94. The van der Waals surface area contributed by atoms with E-state index in [1.807, 2.05) is 0 Å². The van der Waals surface area contributed by atoms with Gasteiger partial charge in [0, 0.05) is 16.3 Å². The first-order valence-electron chi connectivity index (χ1n) is 8.70. The molecule has 0 aliphatic rings. The zero-order valence-corrected chi connectivity index (χ0v) is 16.5. The summed E-state index contributed by atoms with van der Waals surface area (Å²) in [6.07, 6.45) is 2.61. The molecule has 8 nitrogen and oxygen atoms in total. The van der Waals surface area contributed by atoms with E-state index in [0.717, 1.165) is 0 Å². The van der Waals surface area contributed by atoms with Crippen LogP contribution < -0.4 is 15.5 Å². The first-order chi connectivity index (χ1) is 14.5. The van der Waals surface area contributed by atoms with Gasteiger partial charge in [-0.1, -0.05) is 29.8 Å². The molecule has 0 aliphatic heterocycles. The minimum absolute atomic E-state index is 0.0445. The predicted molar refractivity (Wildman–Crippen MR) is 111 cm³/mol. The minimum atomic E-state index is -0.976. The second-order valence-electron chi connectivity index (χ2n) is 5.97. The molecule has 30 heavy (non-hydrogen) atoms. The standard InChI is InChI=1S/C21H16ClN3O5/c1-13-15(22)7-4-8-16(13)24-19(26)20(27)25-23-12-14-6-2-3-9-17(14)30-21(28)18-10-5-11-29-18/h2-12H,1H3,(H,24,26)(H,25,27). The maximum Gasteiger partial charge on any atom is 0.379 e. The van der Waals surface area contributed by atoms with E-state index in [9.17, 15) is 14.4 Å². The highest BCUT2D eigenvalue weighted by atomic mass is 35.5. The molecule has 3 rings (SSSR count). The van der Waals surface area contributed by atoms with Crippen molar-refractivity contribution in [2.24, 2.45) is 5.10 Å². The van der Waals surface area contributed by atoms with E-state index >= 15 is 0 Å². The van der Waals surface area contributed by atoms with E-state index in [1.54, 1.807) is 55.5 Å². The van der Waals surface area contributed by atoms with Crippen LogP contribution in [-0.4, -0.2) is 24.0 Å². The van der Waals surface area contributed by atoms with E-state index in [2.05, 4.69) is 15.8 Å². The number of esters is 1. The number of nitrogens with one attached hydrogen (secondary N) is 2. The molecular weight excluding hydrogens is 410 g/mol. The highest BCUT2D eigenvalue weighted by molar-refractivity contribution is 6.40. The number of rotatable bonds is 5. The van der Waals surface area contributed by atoms with Crippen LogP contribution >= 0.6 is 11.6 Å². The van der Waals surface area contributed by atoms with Gasteiger partial charge in [-0.2, -0.15) is 5.10 Å². The number of benzene rings is 2. The molecule has 3 aromatic rings. The van der Waals surface area contributed by atoms with Crippen molar-refractivity contribution < 1.29 is 23.5 Å². The fraction of sp³-hybridized carbons (Fsp3) is 0.0476. The number of para-hydroxylation sites is 1. The molecule has 0 radical (unpaired) electrons. The van der Waals surface area contributed by atoms with Gasteiger partial charge in [0.2, 0.25) is 5.76 Å². The Labute approximate surface area is 176 Å². The van der Waals surface area contributed by atoms with Crippen molar-refractivity contribution in [1.82, 2.24) is 5.43 Å². The highest BCUT2D eigenvalue weighted by Gasteiger charge is 2.15. The van der Waals surface area contributed by atoms with E-state index in [-0.39, 0.29) is 11.5 Å². The molecule has 0 saturated heterocycles. The number of hydrogen-bond acceptors (Lipinski definition) is 6. The lowest BCUT2D eigenvalue weighted by molar-refractivity contribution is -0.136. The third-order valence-corrected chi connectivity index (χ3v) is 4.35. The summed E-state index contributed by atoms with van der Waals surface area (Å²) >= 11 is 5.99. The van der Waals surface area contributed by atoms with Crippen LogP contribution in [-0.2, 0) is 9.59 Å². The molecule has 0 saturated carbocycles. The largest absolute Gasteiger partial charge is 0.457 e. The average molecular weight is 426 g/mol. The van der Waals surface area contributed by atoms with Crippen molar-refractivity contribution in [2.45, 2.75) is 6.92 Å². The Morgan fingerprint density at radius 2 is 1.83 bits per heavy atom. The number of halogens is 1. The molecular formula is C21H16ClN3O5. The fourth-order valence-corrected chi connectivity index (χ4v) is 2.53. The molecule has 0 atom stereocenters. The van der Waals surface area contributed by atoms with Gasteiger partial charge in [0.05, 0.1) is 12.5 Å². The molecule has 2 amide bonds. The van der Waals surface area contributed by atoms with E-state index in [4.69, 9.17) is 20.8 Å². The van der Waals surface area contributed by atoms with Gasteiger partial charge in [-0.25, -0.2) is 10.2 Å².